The summed E-state index contributed by atoms with van der Waals surface area (Å²) in [5.74, 6) is 1.65. The van der Waals surface area contributed by atoms with Gasteiger partial charge in [-0.25, -0.2) is 0 Å². The van der Waals surface area contributed by atoms with E-state index in [4.69, 9.17) is 4.74 Å². The van der Waals surface area contributed by atoms with Crippen LogP contribution in [-0.2, 0) is 4.74 Å². The number of hydrogen-bond acceptors (Lipinski definition) is 2. The Morgan fingerprint density at radius 1 is 1.00 bits per heavy atom. The van der Waals surface area contributed by atoms with Gasteiger partial charge in [0.1, 0.15) is 0 Å². The maximum Gasteiger partial charge on any atom is 0.0623 e. The van der Waals surface area contributed by atoms with E-state index >= 15 is 0 Å². The molecule has 0 spiro atoms. The first kappa shape index (κ1) is 10.4. The van der Waals surface area contributed by atoms with Gasteiger partial charge in [-0.1, -0.05) is 13.8 Å². The van der Waals surface area contributed by atoms with Gasteiger partial charge in [-0.05, 0) is 37.5 Å². The summed E-state index contributed by atoms with van der Waals surface area (Å²) >= 11 is 0. The second-order valence-corrected chi connectivity index (χ2v) is 5.24. The van der Waals surface area contributed by atoms with Crippen molar-refractivity contribution in [2.75, 3.05) is 13.2 Å². The third kappa shape index (κ3) is 2.48. The number of ether oxygens (including phenoxy) is 1. The maximum atomic E-state index is 5.47. The zero-order valence-corrected chi connectivity index (χ0v) is 9.46. The van der Waals surface area contributed by atoms with Crippen LogP contribution in [0, 0.1) is 11.8 Å². The maximum absolute atomic E-state index is 5.47. The van der Waals surface area contributed by atoms with Crippen molar-refractivity contribution in [2.45, 2.75) is 51.6 Å². The van der Waals surface area contributed by atoms with Gasteiger partial charge >= 0.3 is 0 Å². The predicted molar refractivity (Wildman–Crippen MR) is 58.3 cm³/mol. The molecule has 1 N–H and O–H groups in total. The number of hydrogen-bond donors (Lipinski definition) is 1. The highest BCUT2D eigenvalue weighted by Gasteiger charge is 2.27. The minimum Gasteiger partial charge on any atom is -0.379 e. The van der Waals surface area contributed by atoms with Gasteiger partial charge in [0, 0.05) is 12.1 Å². The van der Waals surface area contributed by atoms with E-state index in [1.54, 1.807) is 0 Å². The van der Waals surface area contributed by atoms with Crippen molar-refractivity contribution in [1.29, 1.82) is 0 Å². The molecule has 0 radical (unpaired) electrons. The lowest BCUT2D eigenvalue weighted by Gasteiger charge is -2.30. The van der Waals surface area contributed by atoms with Crippen LogP contribution in [0.15, 0.2) is 0 Å². The molecule has 14 heavy (non-hydrogen) atoms. The lowest BCUT2D eigenvalue weighted by molar-refractivity contribution is 0.180. The molecule has 0 bridgehead atoms. The SMILES string of the molecule is CC1CCC(NC2COCC2C)CC1. The highest BCUT2D eigenvalue weighted by Crippen LogP contribution is 2.25. The Hall–Kier alpha value is -0.0800. The van der Waals surface area contributed by atoms with Crippen molar-refractivity contribution in [1.82, 2.24) is 5.32 Å². The summed E-state index contributed by atoms with van der Waals surface area (Å²) in [7, 11) is 0. The van der Waals surface area contributed by atoms with Gasteiger partial charge in [-0.3, -0.25) is 0 Å². The van der Waals surface area contributed by atoms with Crippen LogP contribution >= 0.6 is 0 Å². The molecular weight excluding hydrogens is 174 g/mol. The molecule has 0 aromatic carbocycles. The molecule has 0 aromatic heterocycles. The van der Waals surface area contributed by atoms with E-state index < -0.39 is 0 Å². The molecule has 0 aromatic rings. The number of nitrogens with one attached hydrogen (secondary N) is 1. The summed E-state index contributed by atoms with van der Waals surface area (Å²) in [6.45, 7) is 6.53. The molecule has 2 atom stereocenters. The first-order chi connectivity index (χ1) is 6.75. The molecule has 2 unspecified atom stereocenters. The van der Waals surface area contributed by atoms with Gasteiger partial charge in [0.15, 0.2) is 0 Å². The van der Waals surface area contributed by atoms with E-state index in [9.17, 15) is 0 Å². The normalized spacial score (nSPS) is 44.1. The minimum atomic E-state index is 0.619. The highest BCUT2D eigenvalue weighted by atomic mass is 16.5. The summed E-state index contributed by atoms with van der Waals surface area (Å²) in [6, 6.07) is 1.38. The van der Waals surface area contributed by atoms with Gasteiger partial charge in [-0.2, -0.15) is 0 Å². The Morgan fingerprint density at radius 2 is 1.71 bits per heavy atom. The van der Waals surface area contributed by atoms with Crippen molar-refractivity contribution >= 4 is 0 Å². The molecule has 0 amide bonds. The summed E-state index contributed by atoms with van der Waals surface area (Å²) in [6.07, 6.45) is 5.54. The molecular formula is C12H23NO. The lowest BCUT2D eigenvalue weighted by Crippen LogP contribution is -2.43. The van der Waals surface area contributed by atoms with E-state index in [1.807, 2.05) is 0 Å². The Labute approximate surface area is 87.4 Å². The Morgan fingerprint density at radius 3 is 2.29 bits per heavy atom. The zero-order valence-electron chi connectivity index (χ0n) is 9.46. The van der Waals surface area contributed by atoms with Crippen LogP contribution in [0.5, 0.6) is 0 Å². The van der Waals surface area contributed by atoms with Crippen molar-refractivity contribution in [3.8, 4) is 0 Å². The van der Waals surface area contributed by atoms with E-state index in [0.717, 1.165) is 25.2 Å². The topological polar surface area (TPSA) is 21.3 Å². The van der Waals surface area contributed by atoms with Crippen molar-refractivity contribution in [2.24, 2.45) is 11.8 Å². The fourth-order valence-corrected chi connectivity index (χ4v) is 2.60. The second-order valence-electron chi connectivity index (χ2n) is 5.24. The van der Waals surface area contributed by atoms with Gasteiger partial charge in [0.25, 0.3) is 0 Å². The van der Waals surface area contributed by atoms with Gasteiger partial charge in [0.05, 0.1) is 13.2 Å². The van der Waals surface area contributed by atoms with Crippen LogP contribution in [-0.4, -0.2) is 25.3 Å². The van der Waals surface area contributed by atoms with Gasteiger partial charge in [0.2, 0.25) is 0 Å². The van der Waals surface area contributed by atoms with E-state index in [0.29, 0.717) is 12.0 Å². The zero-order chi connectivity index (χ0) is 9.97. The van der Waals surface area contributed by atoms with Gasteiger partial charge in [-0.15, -0.1) is 0 Å². The van der Waals surface area contributed by atoms with Crippen molar-refractivity contribution in [3.05, 3.63) is 0 Å². The molecule has 2 heteroatoms. The smallest absolute Gasteiger partial charge is 0.0623 e. The molecule has 1 saturated heterocycles. The van der Waals surface area contributed by atoms with Crippen LogP contribution in [0.4, 0.5) is 0 Å². The van der Waals surface area contributed by atoms with Crippen molar-refractivity contribution < 1.29 is 4.74 Å². The molecule has 1 saturated carbocycles. The third-order valence-corrected chi connectivity index (χ3v) is 3.83. The van der Waals surface area contributed by atoms with E-state index in [-0.39, 0.29) is 0 Å². The summed E-state index contributed by atoms with van der Waals surface area (Å²) < 4.78 is 5.47. The summed E-state index contributed by atoms with van der Waals surface area (Å²) in [5.41, 5.74) is 0. The van der Waals surface area contributed by atoms with Crippen molar-refractivity contribution in [3.63, 3.8) is 0 Å². The molecule has 2 aliphatic rings. The minimum absolute atomic E-state index is 0.619. The molecule has 1 aliphatic heterocycles. The van der Waals surface area contributed by atoms with Crippen LogP contribution in [0.25, 0.3) is 0 Å². The Balaban J connectivity index is 1.74. The molecule has 82 valence electrons. The lowest BCUT2D eigenvalue weighted by atomic mass is 9.86. The first-order valence-corrected chi connectivity index (χ1v) is 6.09. The standard InChI is InChI=1S/C12H23NO/c1-9-3-5-11(6-4-9)13-12-8-14-7-10(12)2/h9-13H,3-8H2,1-2H3. The fourth-order valence-electron chi connectivity index (χ4n) is 2.60. The molecule has 2 fully saturated rings. The monoisotopic (exact) mass is 197 g/mol. The highest BCUT2D eigenvalue weighted by molar-refractivity contribution is 4.84. The fraction of sp³-hybridized carbons (Fsp3) is 1.00. The molecule has 2 nitrogen and oxygen atoms in total. The summed E-state index contributed by atoms with van der Waals surface area (Å²) in [5, 5.41) is 3.76. The number of rotatable bonds is 2. The third-order valence-electron chi connectivity index (χ3n) is 3.83. The average molecular weight is 197 g/mol. The second kappa shape index (κ2) is 4.63. The average Bonchev–Trinajstić information content (AvgIpc) is 2.56. The first-order valence-electron chi connectivity index (χ1n) is 6.09. The van der Waals surface area contributed by atoms with Crippen LogP contribution in [0.2, 0.25) is 0 Å². The Kier molecular flexibility index (Phi) is 3.45. The van der Waals surface area contributed by atoms with Crippen LogP contribution < -0.4 is 5.32 Å². The van der Waals surface area contributed by atoms with Gasteiger partial charge < -0.3 is 10.1 Å². The van der Waals surface area contributed by atoms with Crippen LogP contribution in [0.1, 0.15) is 39.5 Å². The molecule has 2 rings (SSSR count). The summed E-state index contributed by atoms with van der Waals surface area (Å²) in [4.78, 5) is 0. The van der Waals surface area contributed by atoms with E-state index in [2.05, 4.69) is 19.2 Å². The van der Waals surface area contributed by atoms with E-state index in [1.165, 1.54) is 25.7 Å². The quantitative estimate of drug-likeness (QED) is 0.732. The predicted octanol–water partition coefficient (Wildman–Crippen LogP) is 2.19. The molecule has 1 aliphatic carbocycles. The van der Waals surface area contributed by atoms with Crippen LogP contribution in [0.3, 0.4) is 0 Å². The largest absolute Gasteiger partial charge is 0.379 e. The molecule has 1 heterocycles. The Bertz CT molecular complexity index is 175.